The molecule has 7 heteroatoms. The zero-order chi connectivity index (χ0) is 27.5. The highest BCUT2D eigenvalue weighted by molar-refractivity contribution is 5.92. The Morgan fingerprint density at radius 2 is 1.65 bits per heavy atom. The SMILES string of the molecule is COc1ccc(CN2CCC3(CCN(C[C@H]4CN(C(=O)c5ccccn5)C[C@@H]4c4ccccc4)CC3)C2=O)cc1. The second-order valence-electron chi connectivity index (χ2n) is 11.6. The van der Waals surface area contributed by atoms with Crippen molar-refractivity contribution in [3.63, 3.8) is 0 Å². The lowest BCUT2D eigenvalue weighted by Gasteiger charge is -2.39. The van der Waals surface area contributed by atoms with Crippen LogP contribution < -0.4 is 4.74 Å². The molecule has 0 N–H and O–H groups in total. The Kier molecular flexibility index (Phi) is 7.57. The molecular formula is C33H38N4O3. The molecule has 2 amide bonds. The summed E-state index contributed by atoms with van der Waals surface area (Å²) >= 11 is 0. The van der Waals surface area contributed by atoms with E-state index in [1.54, 1.807) is 19.4 Å². The molecular weight excluding hydrogens is 500 g/mol. The van der Waals surface area contributed by atoms with E-state index >= 15 is 0 Å². The second kappa shape index (κ2) is 11.4. The predicted octanol–water partition coefficient (Wildman–Crippen LogP) is 4.46. The average molecular weight is 539 g/mol. The number of likely N-dealkylation sites (tertiary alicyclic amines) is 3. The largest absolute Gasteiger partial charge is 0.497 e. The first-order valence-corrected chi connectivity index (χ1v) is 14.4. The summed E-state index contributed by atoms with van der Waals surface area (Å²) < 4.78 is 5.27. The highest BCUT2D eigenvalue weighted by atomic mass is 16.5. The normalized spacial score (nSPS) is 22.7. The van der Waals surface area contributed by atoms with Crippen molar-refractivity contribution in [1.29, 1.82) is 0 Å². The van der Waals surface area contributed by atoms with Crippen LogP contribution in [0.25, 0.3) is 0 Å². The summed E-state index contributed by atoms with van der Waals surface area (Å²) in [5.41, 5.74) is 2.71. The number of ether oxygens (including phenoxy) is 1. The average Bonchev–Trinajstić information content (AvgIpc) is 3.56. The zero-order valence-corrected chi connectivity index (χ0v) is 23.2. The molecule has 3 fully saturated rings. The summed E-state index contributed by atoms with van der Waals surface area (Å²) in [4.78, 5) is 37.7. The third-order valence-corrected chi connectivity index (χ3v) is 9.28. The lowest BCUT2D eigenvalue weighted by molar-refractivity contribution is -0.139. The number of hydrogen-bond donors (Lipinski definition) is 0. The molecule has 208 valence electrons. The molecule has 40 heavy (non-hydrogen) atoms. The van der Waals surface area contributed by atoms with Gasteiger partial charge in [0.25, 0.3) is 5.91 Å². The molecule has 0 saturated carbocycles. The molecule has 3 saturated heterocycles. The van der Waals surface area contributed by atoms with Gasteiger partial charge in [-0.2, -0.15) is 0 Å². The number of hydrogen-bond acceptors (Lipinski definition) is 5. The number of amides is 2. The van der Waals surface area contributed by atoms with E-state index in [0.29, 0.717) is 30.6 Å². The fraction of sp³-hybridized carbons (Fsp3) is 0.424. The van der Waals surface area contributed by atoms with Gasteiger partial charge in [-0.1, -0.05) is 48.5 Å². The number of pyridine rings is 1. The summed E-state index contributed by atoms with van der Waals surface area (Å²) in [7, 11) is 1.67. The van der Waals surface area contributed by atoms with Gasteiger partial charge in [0, 0.05) is 44.8 Å². The Morgan fingerprint density at radius 1 is 0.925 bits per heavy atom. The Balaban J connectivity index is 1.09. The van der Waals surface area contributed by atoms with Crippen molar-refractivity contribution in [2.75, 3.05) is 46.4 Å². The minimum atomic E-state index is -0.224. The van der Waals surface area contributed by atoms with E-state index in [9.17, 15) is 9.59 Å². The van der Waals surface area contributed by atoms with E-state index in [0.717, 1.165) is 63.3 Å². The van der Waals surface area contributed by atoms with E-state index in [1.165, 1.54) is 5.56 Å². The number of nitrogens with zero attached hydrogens (tertiary/aromatic N) is 4. The number of rotatable bonds is 7. The third-order valence-electron chi connectivity index (χ3n) is 9.28. The van der Waals surface area contributed by atoms with Crippen molar-refractivity contribution in [2.45, 2.75) is 31.7 Å². The van der Waals surface area contributed by atoms with Crippen LogP contribution in [0.5, 0.6) is 5.75 Å². The Bertz CT molecular complexity index is 1310. The topological polar surface area (TPSA) is 66.0 Å². The van der Waals surface area contributed by atoms with Gasteiger partial charge in [-0.05, 0) is 73.7 Å². The highest BCUT2D eigenvalue weighted by Gasteiger charge is 2.48. The van der Waals surface area contributed by atoms with Crippen molar-refractivity contribution >= 4 is 11.8 Å². The number of methoxy groups -OCH3 is 1. The van der Waals surface area contributed by atoms with Crippen molar-refractivity contribution in [2.24, 2.45) is 11.3 Å². The molecule has 0 radical (unpaired) electrons. The molecule has 1 spiro atoms. The third kappa shape index (κ3) is 5.35. The smallest absolute Gasteiger partial charge is 0.272 e. The quantitative estimate of drug-likeness (QED) is 0.445. The summed E-state index contributed by atoms with van der Waals surface area (Å²) in [6.45, 7) is 5.71. The number of aromatic nitrogens is 1. The number of piperidine rings is 1. The maximum Gasteiger partial charge on any atom is 0.272 e. The van der Waals surface area contributed by atoms with Crippen LogP contribution in [0.4, 0.5) is 0 Å². The van der Waals surface area contributed by atoms with Gasteiger partial charge in [-0.25, -0.2) is 0 Å². The van der Waals surface area contributed by atoms with Crippen LogP contribution in [0, 0.1) is 11.3 Å². The van der Waals surface area contributed by atoms with Crippen LogP contribution >= 0.6 is 0 Å². The zero-order valence-electron chi connectivity index (χ0n) is 23.2. The number of benzene rings is 2. The van der Waals surface area contributed by atoms with Crippen LogP contribution in [0.1, 0.15) is 46.8 Å². The van der Waals surface area contributed by atoms with E-state index in [4.69, 9.17) is 4.74 Å². The molecule has 2 atom stereocenters. The Hall–Kier alpha value is -3.71. The molecule has 1 aromatic heterocycles. The second-order valence-corrected chi connectivity index (χ2v) is 11.6. The van der Waals surface area contributed by atoms with Crippen molar-refractivity contribution in [3.05, 3.63) is 95.8 Å². The molecule has 0 aliphatic carbocycles. The van der Waals surface area contributed by atoms with Gasteiger partial charge >= 0.3 is 0 Å². The van der Waals surface area contributed by atoms with Gasteiger partial charge in [0.1, 0.15) is 11.4 Å². The van der Waals surface area contributed by atoms with Gasteiger partial charge < -0.3 is 19.4 Å². The van der Waals surface area contributed by atoms with E-state index in [1.807, 2.05) is 52.3 Å². The molecule has 2 aromatic carbocycles. The van der Waals surface area contributed by atoms with Gasteiger partial charge in [0.15, 0.2) is 0 Å². The van der Waals surface area contributed by atoms with Crippen molar-refractivity contribution < 1.29 is 14.3 Å². The van der Waals surface area contributed by atoms with Crippen LogP contribution in [-0.2, 0) is 11.3 Å². The Labute approximate surface area is 236 Å². The maximum absolute atomic E-state index is 13.6. The first-order chi connectivity index (χ1) is 19.5. The molecule has 0 unspecified atom stereocenters. The minimum absolute atomic E-state index is 0.00938. The van der Waals surface area contributed by atoms with Gasteiger partial charge in [-0.15, -0.1) is 0 Å². The van der Waals surface area contributed by atoms with Crippen molar-refractivity contribution in [1.82, 2.24) is 19.7 Å². The minimum Gasteiger partial charge on any atom is -0.497 e. The van der Waals surface area contributed by atoms with Crippen molar-refractivity contribution in [3.8, 4) is 5.75 Å². The van der Waals surface area contributed by atoms with E-state index in [-0.39, 0.29) is 17.2 Å². The van der Waals surface area contributed by atoms with Gasteiger partial charge in [-0.3, -0.25) is 14.6 Å². The fourth-order valence-electron chi connectivity index (χ4n) is 6.91. The monoisotopic (exact) mass is 538 g/mol. The fourth-order valence-corrected chi connectivity index (χ4v) is 6.91. The van der Waals surface area contributed by atoms with E-state index < -0.39 is 0 Å². The standard InChI is InChI=1S/C33H38N4O3/c1-40-28-12-10-25(11-13-28)21-36-20-16-33(32(36)39)14-18-35(19-15-33)22-27-23-37(31(38)30-9-5-6-17-34-30)24-29(27)26-7-3-2-4-8-26/h2-13,17,27,29H,14-16,18-24H2,1H3/t27-,29+/m0/s1. The van der Waals surface area contributed by atoms with E-state index in [2.05, 4.69) is 34.1 Å². The maximum atomic E-state index is 13.6. The summed E-state index contributed by atoms with van der Waals surface area (Å²) in [5.74, 6) is 1.79. The predicted molar refractivity (Wildman–Crippen MR) is 154 cm³/mol. The number of carbonyl (C=O) groups is 2. The van der Waals surface area contributed by atoms with Crippen LogP contribution in [0.3, 0.4) is 0 Å². The van der Waals surface area contributed by atoms with Gasteiger partial charge in [0.2, 0.25) is 5.91 Å². The summed E-state index contributed by atoms with van der Waals surface area (Å²) in [6, 6.07) is 24.1. The molecule has 4 heterocycles. The molecule has 3 aliphatic rings. The van der Waals surface area contributed by atoms with Crippen LogP contribution in [0.2, 0.25) is 0 Å². The first kappa shape index (κ1) is 26.5. The Morgan fingerprint density at radius 3 is 2.35 bits per heavy atom. The lowest BCUT2D eigenvalue weighted by Crippen LogP contribution is -2.46. The first-order valence-electron chi connectivity index (χ1n) is 14.4. The van der Waals surface area contributed by atoms with Crippen LogP contribution in [-0.4, -0.2) is 77.9 Å². The molecule has 3 aliphatic heterocycles. The lowest BCUT2D eigenvalue weighted by atomic mass is 9.76. The summed E-state index contributed by atoms with van der Waals surface area (Å²) in [6.07, 6.45) is 4.44. The molecule has 7 nitrogen and oxygen atoms in total. The summed E-state index contributed by atoms with van der Waals surface area (Å²) in [5, 5.41) is 0. The van der Waals surface area contributed by atoms with Crippen LogP contribution in [0.15, 0.2) is 79.0 Å². The number of carbonyl (C=O) groups excluding carboxylic acids is 2. The highest BCUT2D eigenvalue weighted by Crippen LogP contribution is 2.43. The van der Waals surface area contributed by atoms with Gasteiger partial charge in [0.05, 0.1) is 12.5 Å². The molecule has 3 aromatic rings. The molecule has 0 bridgehead atoms. The molecule has 6 rings (SSSR count).